The van der Waals surface area contributed by atoms with E-state index in [1.807, 2.05) is 47.2 Å². The van der Waals surface area contributed by atoms with Crippen molar-refractivity contribution in [2.75, 3.05) is 13.2 Å². The first kappa shape index (κ1) is 27.3. The summed E-state index contributed by atoms with van der Waals surface area (Å²) >= 11 is 3.30. The van der Waals surface area contributed by atoms with Gasteiger partial charge in [-0.05, 0) is 35.0 Å². The lowest BCUT2D eigenvalue weighted by Gasteiger charge is -2.13. The largest absolute Gasteiger partial charge is 0.491 e. The van der Waals surface area contributed by atoms with Crippen molar-refractivity contribution in [3.05, 3.63) is 58.1 Å². The van der Waals surface area contributed by atoms with Gasteiger partial charge in [0.2, 0.25) is 0 Å². The van der Waals surface area contributed by atoms with Crippen LogP contribution in [0.3, 0.4) is 0 Å². The van der Waals surface area contributed by atoms with Gasteiger partial charge in [0, 0.05) is 23.5 Å². The number of rotatable bonds is 11. The molecule has 0 radical (unpaired) electrons. The Morgan fingerprint density at radius 2 is 1.75 bits per heavy atom. The molecule has 0 spiro atoms. The number of carboxylic acid groups (broad SMARTS) is 2. The van der Waals surface area contributed by atoms with E-state index in [2.05, 4.69) is 16.5 Å². The molecule has 4 aromatic rings. The van der Waals surface area contributed by atoms with E-state index in [1.165, 1.54) is 4.88 Å². The van der Waals surface area contributed by atoms with Crippen LogP contribution in [0.25, 0.3) is 21.5 Å². The summed E-state index contributed by atoms with van der Waals surface area (Å²) in [6.45, 7) is 1.47. The number of carboxylic acids is 2. The van der Waals surface area contributed by atoms with Crippen LogP contribution in [-0.4, -0.2) is 74.1 Å². The number of aliphatic hydroxyl groups is 3. The maximum absolute atomic E-state index is 10.1. The fraction of sp³-hybridized carbons (Fsp3) is 0.261. The van der Waals surface area contributed by atoms with Crippen molar-refractivity contribution in [2.45, 2.75) is 24.9 Å². The van der Waals surface area contributed by atoms with Crippen molar-refractivity contribution in [3.63, 3.8) is 0 Å². The first-order chi connectivity index (χ1) is 17.3. The lowest BCUT2D eigenvalue weighted by atomic mass is 10.1. The summed E-state index contributed by atoms with van der Waals surface area (Å²) in [5, 5.41) is 54.0. The van der Waals surface area contributed by atoms with Gasteiger partial charge in [0.05, 0.1) is 0 Å². The topological polar surface area (TPSA) is 183 Å². The Balaban J connectivity index is 0.000000308. The van der Waals surface area contributed by atoms with Crippen LogP contribution >= 0.6 is 22.7 Å². The molecule has 0 aliphatic rings. The molecule has 0 aliphatic carbocycles. The molecule has 13 heteroatoms. The minimum absolute atomic E-state index is 0.230. The number of hydrogen-bond donors (Lipinski definition) is 6. The Kier molecular flexibility index (Phi) is 9.93. The molecule has 0 bridgehead atoms. The molecule has 0 saturated carbocycles. The van der Waals surface area contributed by atoms with Crippen LogP contribution in [0.15, 0.2) is 57.7 Å². The Hall–Kier alpha value is -3.33. The standard InChI is InChI=1S/C19H18N2O3S2.C4H6O6/c22-14(10-20-11-16-5-2-7-25-16)12-23-15-4-1-3-13(9-15)18-19-17(24-21-18)6-8-26-19;5-1(3(7)8)2(6)4(9)10/h1-9,14,20,22H,10-12H2;1-2,5-6H,(H,7,8)(H,9,10)/t14-;/m1./s1. The first-order valence-electron chi connectivity index (χ1n) is 10.5. The second-order valence-electron chi connectivity index (χ2n) is 7.41. The van der Waals surface area contributed by atoms with E-state index in [-0.39, 0.29) is 6.61 Å². The van der Waals surface area contributed by atoms with E-state index >= 15 is 0 Å². The summed E-state index contributed by atoms with van der Waals surface area (Å²) in [6.07, 6.45) is -5.11. The highest BCUT2D eigenvalue weighted by Gasteiger charge is 2.29. The third kappa shape index (κ3) is 7.58. The highest BCUT2D eigenvalue weighted by Crippen LogP contribution is 2.33. The molecule has 3 aromatic heterocycles. The number of thiophene rings is 2. The average Bonchev–Trinajstić information content (AvgIpc) is 3.61. The van der Waals surface area contributed by atoms with Gasteiger partial charge in [-0.3, -0.25) is 0 Å². The predicted molar refractivity (Wildman–Crippen MR) is 132 cm³/mol. The van der Waals surface area contributed by atoms with Gasteiger partial charge in [-0.15, -0.1) is 22.7 Å². The minimum atomic E-state index is -2.27. The van der Waals surface area contributed by atoms with Crippen LogP contribution in [-0.2, 0) is 16.1 Å². The van der Waals surface area contributed by atoms with E-state index in [9.17, 15) is 14.7 Å². The van der Waals surface area contributed by atoms with Crippen molar-refractivity contribution in [2.24, 2.45) is 0 Å². The maximum atomic E-state index is 10.1. The van der Waals surface area contributed by atoms with Gasteiger partial charge in [0.25, 0.3) is 0 Å². The molecule has 0 amide bonds. The molecule has 11 nitrogen and oxygen atoms in total. The van der Waals surface area contributed by atoms with E-state index in [0.29, 0.717) is 12.3 Å². The molecule has 0 aliphatic heterocycles. The second-order valence-corrected chi connectivity index (χ2v) is 9.36. The molecule has 4 rings (SSSR count). The molecule has 3 heterocycles. The van der Waals surface area contributed by atoms with E-state index in [4.69, 9.17) is 29.7 Å². The lowest BCUT2D eigenvalue weighted by molar-refractivity contribution is -0.165. The number of hydrogen-bond acceptors (Lipinski definition) is 11. The lowest BCUT2D eigenvalue weighted by Crippen LogP contribution is -2.39. The van der Waals surface area contributed by atoms with Crippen molar-refractivity contribution < 1.29 is 44.4 Å². The van der Waals surface area contributed by atoms with Crippen molar-refractivity contribution >= 4 is 44.9 Å². The number of carbonyl (C=O) groups is 2. The SMILES string of the molecule is O=C(O)C(O)C(O)C(=O)O.O[C@H](CNCc1cccs1)COc1cccc(-c2noc3ccsc23)c1. The average molecular weight is 537 g/mol. The molecule has 0 fully saturated rings. The van der Waals surface area contributed by atoms with Crippen LogP contribution in [0, 0.1) is 0 Å². The molecule has 0 saturated heterocycles. The number of fused-ring (bicyclic) bond motifs is 1. The number of ether oxygens (including phenoxy) is 1. The van der Waals surface area contributed by atoms with Crippen molar-refractivity contribution in [3.8, 4) is 17.0 Å². The second kappa shape index (κ2) is 13.1. The number of aliphatic carboxylic acids is 2. The Labute approximate surface area is 212 Å². The van der Waals surface area contributed by atoms with Gasteiger partial charge in [-0.25, -0.2) is 9.59 Å². The van der Waals surface area contributed by atoms with Gasteiger partial charge in [-0.1, -0.05) is 23.4 Å². The zero-order valence-electron chi connectivity index (χ0n) is 18.7. The van der Waals surface area contributed by atoms with Crippen LogP contribution in [0.1, 0.15) is 4.88 Å². The molecular formula is C23H24N2O9S2. The summed E-state index contributed by atoms with van der Waals surface area (Å²) < 4.78 is 12.1. The quantitative estimate of drug-likeness (QED) is 0.165. The smallest absolute Gasteiger partial charge is 0.335 e. The van der Waals surface area contributed by atoms with Gasteiger partial charge < -0.3 is 40.1 Å². The number of benzene rings is 1. The van der Waals surface area contributed by atoms with E-state index in [0.717, 1.165) is 28.1 Å². The third-order valence-corrected chi connectivity index (χ3v) is 6.47. The summed E-state index contributed by atoms with van der Waals surface area (Å²) in [5.41, 5.74) is 2.55. The van der Waals surface area contributed by atoms with Gasteiger partial charge in [-0.2, -0.15) is 0 Å². The Bertz CT molecular complexity index is 1240. The molecular weight excluding hydrogens is 512 g/mol. The molecule has 1 aromatic carbocycles. The third-order valence-electron chi connectivity index (χ3n) is 4.69. The predicted octanol–water partition coefficient (Wildman–Crippen LogP) is 2.02. The monoisotopic (exact) mass is 536 g/mol. The molecule has 3 atom stereocenters. The first-order valence-corrected chi connectivity index (χ1v) is 12.3. The van der Waals surface area contributed by atoms with Crippen LogP contribution < -0.4 is 10.1 Å². The number of nitrogens with one attached hydrogen (secondary N) is 1. The molecule has 36 heavy (non-hydrogen) atoms. The highest BCUT2D eigenvalue weighted by atomic mass is 32.1. The summed E-state index contributed by atoms with van der Waals surface area (Å²) in [6, 6.07) is 13.7. The summed E-state index contributed by atoms with van der Waals surface area (Å²) in [7, 11) is 0. The summed E-state index contributed by atoms with van der Waals surface area (Å²) in [5.74, 6) is -2.84. The summed E-state index contributed by atoms with van der Waals surface area (Å²) in [4.78, 5) is 20.8. The van der Waals surface area contributed by atoms with Crippen LogP contribution in [0.2, 0.25) is 0 Å². The van der Waals surface area contributed by atoms with Crippen LogP contribution in [0.4, 0.5) is 0 Å². The Morgan fingerprint density at radius 1 is 1.00 bits per heavy atom. The highest BCUT2D eigenvalue weighted by molar-refractivity contribution is 7.17. The van der Waals surface area contributed by atoms with Crippen molar-refractivity contribution in [1.82, 2.24) is 10.5 Å². The molecule has 2 unspecified atom stereocenters. The fourth-order valence-electron chi connectivity index (χ4n) is 2.89. The minimum Gasteiger partial charge on any atom is -0.491 e. The van der Waals surface area contributed by atoms with Gasteiger partial charge in [0.1, 0.15) is 28.9 Å². The van der Waals surface area contributed by atoms with Gasteiger partial charge >= 0.3 is 11.9 Å². The zero-order chi connectivity index (χ0) is 26.1. The number of nitrogens with zero attached hydrogens (tertiary/aromatic N) is 1. The number of aromatic nitrogens is 1. The zero-order valence-corrected chi connectivity index (χ0v) is 20.3. The number of aliphatic hydroxyl groups excluding tert-OH is 3. The van der Waals surface area contributed by atoms with Crippen LogP contribution in [0.5, 0.6) is 5.75 Å². The maximum Gasteiger partial charge on any atom is 0.335 e. The molecule has 6 N–H and O–H groups in total. The Morgan fingerprint density at radius 3 is 2.42 bits per heavy atom. The normalized spacial score (nSPS) is 13.4. The fourth-order valence-corrected chi connectivity index (χ4v) is 4.38. The van der Waals surface area contributed by atoms with Gasteiger partial charge in [0.15, 0.2) is 17.8 Å². The van der Waals surface area contributed by atoms with E-state index < -0.39 is 30.3 Å². The van der Waals surface area contributed by atoms with Crippen molar-refractivity contribution in [1.29, 1.82) is 0 Å². The molecule has 192 valence electrons. The van der Waals surface area contributed by atoms with E-state index in [1.54, 1.807) is 22.7 Å².